The van der Waals surface area contributed by atoms with Crippen LogP contribution in [-0.4, -0.2) is 23.8 Å². The van der Waals surface area contributed by atoms with Gasteiger partial charge in [-0.25, -0.2) is 0 Å². The first-order chi connectivity index (χ1) is 6.74. The maximum absolute atomic E-state index is 9.16. The Labute approximate surface area is 88.1 Å². The van der Waals surface area contributed by atoms with E-state index < -0.39 is 0 Å². The van der Waals surface area contributed by atoms with Crippen molar-refractivity contribution in [3.8, 4) is 0 Å². The van der Waals surface area contributed by atoms with Crippen LogP contribution in [0.1, 0.15) is 52.4 Å². The summed E-state index contributed by atoms with van der Waals surface area (Å²) in [6.45, 7) is 5.12. The second kappa shape index (κ2) is 6.41. The zero-order chi connectivity index (χ0) is 10.4. The summed E-state index contributed by atoms with van der Waals surface area (Å²) in [5.74, 6) is 0.873. The Morgan fingerprint density at radius 1 is 1.36 bits per heavy atom. The average Bonchev–Trinajstić information content (AvgIpc) is 2.18. The normalized spacial score (nSPS) is 30.2. The van der Waals surface area contributed by atoms with Gasteiger partial charge in [0.05, 0.1) is 6.10 Å². The van der Waals surface area contributed by atoms with Crippen LogP contribution in [0.4, 0.5) is 0 Å². The molecule has 0 saturated heterocycles. The molecule has 1 fully saturated rings. The smallest absolute Gasteiger partial charge is 0.0524 e. The molecular weight excluding hydrogens is 174 g/mol. The van der Waals surface area contributed by atoms with Crippen molar-refractivity contribution in [3.63, 3.8) is 0 Å². The molecule has 14 heavy (non-hydrogen) atoms. The monoisotopic (exact) mass is 199 g/mol. The molecule has 2 nitrogen and oxygen atoms in total. The van der Waals surface area contributed by atoms with Gasteiger partial charge in [0.1, 0.15) is 0 Å². The third-order valence-corrected chi connectivity index (χ3v) is 3.40. The molecule has 0 aromatic heterocycles. The summed E-state index contributed by atoms with van der Waals surface area (Å²) < 4.78 is 0. The van der Waals surface area contributed by atoms with Crippen LogP contribution in [0.2, 0.25) is 0 Å². The van der Waals surface area contributed by atoms with E-state index in [1.165, 1.54) is 32.1 Å². The minimum atomic E-state index is -0.161. The van der Waals surface area contributed by atoms with Crippen LogP contribution < -0.4 is 5.32 Å². The molecule has 84 valence electrons. The molecular formula is C12H25NO. The van der Waals surface area contributed by atoms with Gasteiger partial charge in [-0.15, -0.1) is 0 Å². The fourth-order valence-electron chi connectivity index (χ4n) is 2.44. The van der Waals surface area contributed by atoms with Crippen LogP contribution in [0.5, 0.6) is 0 Å². The van der Waals surface area contributed by atoms with E-state index >= 15 is 0 Å². The Morgan fingerprint density at radius 3 is 2.71 bits per heavy atom. The van der Waals surface area contributed by atoms with Crippen LogP contribution in [0, 0.1) is 5.92 Å². The molecule has 1 aliphatic rings. The first-order valence-electron chi connectivity index (χ1n) is 6.15. The molecule has 2 heteroatoms. The topological polar surface area (TPSA) is 32.3 Å². The lowest BCUT2D eigenvalue weighted by atomic mass is 9.83. The molecule has 0 amide bonds. The second-order valence-corrected chi connectivity index (χ2v) is 4.65. The van der Waals surface area contributed by atoms with Crippen molar-refractivity contribution in [2.45, 2.75) is 64.5 Å². The number of aliphatic hydroxyl groups is 1. The highest BCUT2D eigenvalue weighted by atomic mass is 16.3. The standard InChI is InChI=1S/C12H25NO/c1-3-11-6-4-5-7-12(11)13-9-8-10(2)14/h10-14H,3-9H2,1-2H3/t10-,11+,12+/m0/s1. The molecule has 0 radical (unpaired) electrons. The molecule has 0 aromatic carbocycles. The lowest BCUT2D eigenvalue weighted by Gasteiger charge is -2.31. The highest BCUT2D eigenvalue weighted by molar-refractivity contribution is 4.80. The predicted octanol–water partition coefficient (Wildman–Crippen LogP) is 2.32. The zero-order valence-electron chi connectivity index (χ0n) is 9.63. The highest BCUT2D eigenvalue weighted by Gasteiger charge is 2.22. The van der Waals surface area contributed by atoms with Gasteiger partial charge in [0.15, 0.2) is 0 Å². The molecule has 0 bridgehead atoms. The summed E-state index contributed by atoms with van der Waals surface area (Å²) in [6, 6.07) is 0.715. The molecule has 3 atom stereocenters. The van der Waals surface area contributed by atoms with E-state index in [1.807, 2.05) is 6.92 Å². The summed E-state index contributed by atoms with van der Waals surface area (Å²) in [6.07, 6.45) is 7.53. The van der Waals surface area contributed by atoms with Crippen LogP contribution in [0.15, 0.2) is 0 Å². The van der Waals surface area contributed by atoms with Gasteiger partial charge in [-0.1, -0.05) is 26.2 Å². The average molecular weight is 199 g/mol. The second-order valence-electron chi connectivity index (χ2n) is 4.65. The quantitative estimate of drug-likeness (QED) is 0.712. The van der Waals surface area contributed by atoms with E-state index in [-0.39, 0.29) is 6.10 Å². The van der Waals surface area contributed by atoms with E-state index in [1.54, 1.807) is 0 Å². The Balaban J connectivity index is 2.19. The predicted molar refractivity (Wildman–Crippen MR) is 60.3 cm³/mol. The first-order valence-corrected chi connectivity index (χ1v) is 6.15. The Morgan fingerprint density at radius 2 is 2.07 bits per heavy atom. The van der Waals surface area contributed by atoms with Gasteiger partial charge in [0, 0.05) is 6.04 Å². The number of hydrogen-bond acceptors (Lipinski definition) is 2. The van der Waals surface area contributed by atoms with E-state index in [2.05, 4.69) is 12.2 Å². The van der Waals surface area contributed by atoms with E-state index in [0.29, 0.717) is 6.04 Å². The number of rotatable bonds is 5. The van der Waals surface area contributed by atoms with Gasteiger partial charge < -0.3 is 10.4 Å². The fourth-order valence-corrected chi connectivity index (χ4v) is 2.44. The third-order valence-electron chi connectivity index (χ3n) is 3.40. The zero-order valence-corrected chi connectivity index (χ0v) is 9.63. The highest BCUT2D eigenvalue weighted by Crippen LogP contribution is 2.26. The molecule has 0 heterocycles. The van der Waals surface area contributed by atoms with E-state index in [4.69, 9.17) is 5.11 Å². The van der Waals surface area contributed by atoms with Crippen molar-refractivity contribution in [2.75, 3.05) is 6.54 Å². The largest absolute Gasteiger partial charge is 0.393 e. The summed E-state index contributed by atoms with van der Waals surface area (Å²) in [4.78, 5) is 0. The lowest BCUT2D eigenvalue weighted by molar-refractivity contribution is 0.175. The fraction of sp³-hybridized carbons (Fsp3) is 1.00. The summed E-state index contributed by atoms with van der Waals surface area (Å²) in [5, 5.41) is 12.8. The summed E-state index contributed by atoms with van der Waals surface area (Å²) in [5.41, 5.74) is 0. The minimum absolute atomic E-state index is 0.161. The summed E-state index contributed by atoms with van der Waals surface area (Å²) >= 11 is 0. The van der Waals surface area contributed by atoms with Crippen molar-refractivity contribution in [3.05, 3.63) is 0 Å². The van der Waals surface area contributed by atoms with Gasteiger partial charge in [0.2, 0.25) is 0 Å². The first kappa shape index (κ1) is 12.0. The number of hydrogen-bond donors (Lipinski definition) is 2. The van der Waals surface area contributed by atoms with Gasteiger partial charge in [0.25, 0.3) is 0 Å². The van der Waals surface area contributed by atoms with Gasteiger partial charge in [-0.2, -0.15) is 0 Å². The molecule has 1 rings (SSSR count). The molecule has 0 aromatic rings. The summed E-state index contributed by atoms with van der Waals surface area (Å²) in [7, 11) is 0. The Kier molecular flexibility index (Phi) is 5.49. The molecule has 2 N–H and O–H groups in total. The van der Waals surface area contributed by atoms with Crippen molar-refractivity contribution in [2.24, 2.45) is 5.92 Å². The van der Waals surface area contributed by atoms with Gasteiger partial charge in [-0.05, 0) is 38.6 Å². The lowest BCUT2D eigenvalue weighted by Crippen LogP contribution is -2.39. The Hall–Kier alpha value is -0.0800. The maximum atomic E-state index is 9.16. The minimum Gasteiger partial charge on any atom is -0.393 e. The molecule has 0 aliphatic heterocycles. The van der Waals surface area contributed by atoms with Crippen molar-refractivity contribution in [1.29, 1.82) is 0 Å². The molecule has 0 unspecified atom stereocenters. The van der Waals surface area contributed by atoms with Crippen molar-refractivity contribution in [1.82, 2.24) is 5.32 Å². The maximum Gasteiger partial charge on any atom is 0.0524 e. The molecule has 1 saturated carbocycles. The van der Waals surface area contributed by atoms with Crippen molar-refractivity contribution < 1.29 is 5.11 Å². The van der Waals surface area contributed by atoms with E-state index in [0.717, 1.165) is 18.9 Å². The van der Waals surface area contributed by atoms with E-state index in [9.17, 15) is 0 Å². The SMILES string of the molecule is CC[C@@H]1CCCC[C@H]1NCC[C@H](C)O. The number of aliphatic hydroxyl groups excluding tert-OH is 1. The van der Waals surface area contributed by atoms with Gasteiger partial charge >= 0.3 is 0 Å². The Bertz CT molecular complexity index is 147. The van der Waals surface area contributed by atoms with Crippen LogP contribution in [-0.2, 0) is 0 Å². The third kappa shape index (κ3) is 3.97. The van der Waals surface area contributed by atoms with Gasteiger partial charge in [-0.3, -0.25) is 0 Å². The van der Waals surface area contributed by atoms with Crippen LogP contribution in [0.25, 0.3) is 0 Å². The van der Waals surface area contributed by atoms with Crippen LogP contribution in [0.3, 0.4) is 0 Å². The molecule has 0 spiro atoms. The molecule has 1 aliphatic carbocycles. The number of nitrogens with one attached hydrogen (secondary N) is 1. The van der Waals surface area contributed by atoms with Crippen LogP contribution >= 0.6 is 0 Å². The van der Waals surface area contributed by atoms with Crippen molar-refractivity contribution >= 4 is 0 Å².